The van der Waals surface area contributed by atoms with Gasteiger partial charge in [-0.3, -0.25) is 4.79 Å². The Kier molecular flexibility index (Phi) is 3.25. The van der Waals surface area contributed by atoms with Crippen molar-refractivity contribution in [3.63, 3.8) is 0 Å². The second kappa shape index (κ2) is 3.02. The van der Waals surface area contributed by atoms with Crippen molar-refractivity contribution in [3.05, 3.63) is 0 Å². The van der Waals surface area contributed by atoms with Crippen molar-refractivity contribution in [2.24, 2.45) is 0 Å². The first kappa shape index (κ1) is 10.8. The van der Waals surface area contributed by atoms with Gasteiger partial charge in [-0.25, -0.2) is 4.39 Å². The molecule has 1 nitrogen and oxygen atoms in total. The number of rotatable bonds is 2. The lowest BCUT2D eigenvalue weighted by Gasteiger charge is -2.17. The van der Waals surface area contributed by atoms with Gasteiger partial charge in [0.15, 0.2) is 0 Å². The molecule has 0 amide bonds. The van der Waals surface area contributed by atoms with E-state index in [9.17, 15) is 18.0 Å². The molecular formula is C3Cl2F3IO. The zero-order valence-electron chi connectivity index (χ0n) is 4.18. The summed E-state index contributed by atoms with van der Waals surface area (Å²) in [5, 5.41) is -2.11. The SMILES string of the molecule is O=C(Cl)C(F)(F)C(F)(Cl)I. The first-order chi connectivity index (χ1) is 4.19. The first-order valence-electron chi connectivity index (χ1n) is 1.84. The van der Waals surface area contributed by atoms with Gasteiger partial charge in [-0.05, 0) is 34.2 Å². The fourth-order valence-electron chi connectivity index (χ4n) is 0.111. The zero-order chi connectivity index (χ0) is 8.58. The lowest BCUT2D eigenvalue weighted by atomic mass is 10.4. The molecule has 0 spiro atoms. The standard InChI is InChI=1S/C3Cl2F3IO/c4-1(10)2(6,7)3(5,8)9. The van der Waals surface area contributed by atoms with E-state index < -0.39 is 14.3 Å². The topological polar surface area (TPSA) is 17.1 Å². The van der Waals surface area contributed by atoms with E-state index in [-0.39, 0.29) is 0 Å². The Morgan fingerprint density at radius 1 is 1.40 bits per heavy atom. The minimum absolute atomic E-state index is 0.578. The highest BCUT2D eigenvalue weighted by atomic mass is 127. The van der Waals surface area contributed by atoms with Crippen molar-refractivity contribution in [3.8, 4) is 0 Å². The quantitative estimate of drug-likeness (QED) is 0.435. The molecule has 0 aliphatic carbocycles. The highest BCUT2D eigenvalue weighted by Gasteiger charge is 2.57. The van der Waals surface area contributed by atoms with Crippen LogP contribution >= 0.6 is 45.8 Å². The van der Waals surface area contributed by atoms with Crippen LogP contribution in [0.4, 0.5) is 13.2 Å². The maximum atomic E-state index is 12.1. The molecule has 60 valence electrons. The van der Waals surface area contributed by atoms with E-state index in [1.807, 2.05) is 0 Å². The number of hydrogen-bond acceptors (Lipinski definition) is 1. The Morgan fingerprint density at radius 3 is 1.70 bits per heavy atom. The summed E-state index contributed by atoms with van der Waals surface area (Å²) in [6.45, 7) is 0. The Hall–Kier alpha value is 0.770. The molecule has 10 heavy (non-hydrogen) atoms. The van der Waals surface area contributed by atoms with Gasteiger partial charge in [0.1, 0.15) is 0 Å². The Morgan fingerprint density at radius 2 is 1.70 bits per heavy atom. The summed E-state index contributed by atoms with van der Waals surface area (Å²) in [7, 11) is 0. The minimum Gasteiger partial charge on any atom is -0.274 e. The van der Waals surface area contributed by atoms with E-state index in [1.165, 1.54) is 0 Å². The van der Waals surface area contributed by atoms with Gasteiger partial charge in [-0.1, -0.05) is 11.6 Å². The molecule has 0 saturated heterocycles. The summed E-state index contributed by atoms with van der Waals surface area (Å²) in [4.78, 5) is 9.80. The van der Waals surface area contributed by atoms with E-state index in [4.69, 9.17) is 0 Å². The van der Waals surface area contributed by atoms with Crippen molar-refractivity contribution in [2.75, 3.05) is 0 Å². The number of carbonyl (C=O) groups is 1. The molecule has 0 heterocycles. The normalized spacial score (nSPS) is 18.2. The third kappa shape index (κ3) is 2.13. The lowest BCUT2D eigenvalue weighted by molar-refractivity contribution is -0.139. The largest absolute Gasteiger partial charge is 0.376 e. The van der Waals surface area contributed by atoms with Crippen LogP contribution in [0.2, 0.25) is 0 Å². The van der Waals surface area contributed by atoms with Crippen LogP contribution in [0.15, 0.2) is 0 Å². The lowest BCUT2D eigenvalue weighted by Crippen LogP contribution is -2.39. The predicted molar refractivity (Wildman–Crippen MR) is 39.5 cm³/mol. The van der Waals surface area contributed by atoms with Gasteiger partial charge >= 0.3 is 9.06 Å². The molecule has 0 bridgehead atoms. The number of halogens is 6. The van der Waals surface area contributed by atoms with Crippen molar-refractivity contribution in [1.29, 1.82) is 0 Å². The molecule has 0 rings (SSSR count). The number of carbonyl (C=O) groups excluding carboxylic acids is 1. The number of alkyl halides is 5. The molecule has 7 heteroatoms. The van der Waals surface area contributed by atoms with Crippen LogP contribution in [0.25, 0.3) is 0 Å². The third-order valence-corrected chi connectivity index (χ3v) is 1.75. The van der Waals surface area contributed by atoms with Gasteiger partial charge in [0.05, 0.1) is 0 Å². The summed E-state index contributed by atoms with van der Waals surface area (Å²) < 4.78 is 32.8. The Bertz CT molecular complexity index is 154. The van der Waals surface area contributed by atoms with Crippen LogP contribution in [-0.4, -0.2) is 14.3 Å². The first-order valence-corrected chi connectivity index (χ1v) is 3.67. The highest BCUT2D eigenvalue weighted by Crippen LogP contribution is 2.43. The highest BCUT2D eigenvalue weighted by molar-refractivity contribution is 14.1. The number of hydrogen-bond donors (Lipinski definition) is 0. The van der Waals surface area contributed by atoms with E-state index >= 15 is 0 Å². The van der Waals surface area contributed by atoms with Crippen LogP contribution in [-0.2, 0) is 4.79 Å². The molecule has 0 N–H and O–H groups in total. The molecule has 1 atom stereocenters. The maximum Gasteiger partial charge on any atom is 0.376 e. The summed E-state index contributed by atoms with van der Waals surface area (Å²) in [6.07, 6.45) is 0. The van der Waals surface area contributed by atoms with Crippen molar-refractivity contribution in [1.82, 2.24) is 0 Å². The zero-order valence-corrected chi connectivity index (χ0v) is 7.85. The molecule has 0 aliphatic rings. The van der Waals surface area contributed by atoms with Gasteiger partial charge in [-0.2, -0.15) is 8.78 Å². The van der Waals surface area contributed by atoms with Crippen molar-refractivity contribution in [2.45, 2.75) is 9.06 Å². The molecule has 0 fully saturated rings. The Balaban J connectivity index is 4.57. The average molecular weight is 307 g/mol. The molecule has 0 radical (unpaired) electrons. The van der Waals surface area contributed by atoms with Gasteiger partial charge in [0.2, 0.25) is 0 Å². The maximum absolute atomic E-state index is 12.1. The van der Waals surface area contributed by atoms with Crippen LogP contribution in [0.1, 0.15) is 0 Å². The molecular weight excluding hydrogens is 307 g/mol. The van der Waals surface area contributed by atoms with Crippen LogP contribution in [0, 0.1) is 0 Å². The monoisotopic (exact) mass is 306 g/mol. The van der Waals surface area contributed by atoms with E-state index in [2.05, 4.69) is 23.2 Å². The Labute approximate surface area is 78.0 Å². The van der Waals surface area contributed by atoms with Crippen LogP contribution in [0.3, 0.4) is 0 Å². The predicted octanol–water partition coefficient (Wildman–Crippen LogP) is 2.68. The summed E-state index contributed by atoms with van der Waals surface area (Å²) in [6, 6.07) is 0. The molecule has 1 unspecified atom stereocenters. The van der Waals surface area contributed by atoms with Gasteiger partial charge in [0, 0.05) is 0 Å². The molecule has 0 aromatic rings. The molecule has 0 aliphatic heterocycles. The third-order valence-electron chi connectivity index (χ3n) is 0.603. The van der Waals surface area contributed by atoms with Crippen molar-refractivity contribution < 1.29 is 18.0 Å². The van der Waals surface area contributed by atoms with E-state index in [0.29, 0.717) is 22.6 Å². The smallest absolute Gasteiger partial charge is 0.274 e. The summed E-state index contributed by atoms with van der Waals surface area (Å²) in [5.41, 5.74) is 0. The molecule has 0 saturated carbocycles. The van der Waals surface area contributed by atoms with E-state index in [1.54, 1.807) is 0 Å². The minimum atomic E-state index is -4.35. The average Bonchev–Trinajstić information content (AvgIpc) is 1.62. The van der Waals surface area contributed by atoms with E-state index in [0.717, 1.165) is 0 Å². The fourth-order valence-corrected chi connectivity index (χ4v) is 0.780. The molecule has 0 aromatic carbocycles. The van der Waals surface area contributed by atoms with Gasteiger partial charge in [-0.15, -0.1) is 0 Å². The van der Waals surface area contributed by atoms with Gasteiger partial charge in [0.25, 0.3) is 5.24 Å². The van der Waals surface area contributed by atoms with Gasteiger partial charge < -0.3 is 0 Å². The summed E-state index contributed by atoms with van der Waals surface area (Å²) >= 11 is 9.40. The second-order valence-corrected chi connectivity index (χ2v) is 4.33. The molecule has 0 aromatic heterocycles. The van der Waals surface area contributed by atoms with Crippen molar-refractivity contribution >= 4 is 51.0 Å². The second-order valence-electron chi connectivity index (χ2n) is 1.35. The fraction of sp³-hybridized carbons (Fsp3) is 0.667. The van der Waals surface area contributed by atoms with Crippen LogP contribution < -0.4 is 0 Å². The van der Waals surface area contributed by atoms with Crippen LogP contribution in [0.5, 0.6) is 0 Å². The summed E-state index contributed by atoms with van der Waals surface area (Å²) in [5.74, 6) is -4.35.